The van der Waals surface area contributed by atoms with Crippen LogP contribution in [0.3, 0.4) is 0 Å². The van der Waals surface area contributed by atoms with E-state index in [0.717, 1.165) is 51.5 Å². The van der Waals surface area contributed by atoms with Gasteiger partial charge in [-0.05, 0) is 70.0 Å². The molecule has 0 saturated carbocycles. The molecule has 2 atom stereocenters. The molecule has 2 unspecified atom stereocenters. The molecule has 0 amide bonds. The Bertz CT molecular complexity index is 859. The lowest BCUT2D eigenvalue weighted by atomic mass is 9.73. The zero-order chi connectivity index (χ0) is 25.2. The molecule has 6 nitrogen and oxygen atoms in total. The van der Waals surface area contributed by atoms with Gasteiger partial charge in [-0.1, -0.05) is 47.5 Å². The number of rotatable bonds is 15. The highest BCUT2D eigenvalue weighted by molar-refractivity contribution is 7.71. The van der Waals surface area contributed by atoms with Gasteiger partial charge in [0.25, 0.3) is 5.56 Å². The first-order valence-corrected chi connectivity index (χ1v) is 13.0. The Morgan fingerprint density at radius 1 is 1.12 bits per heavy atom. The monoisotopic (exact) mass is 482 g/mol. The summed E-state index contributed by atoms with van der Waals surface area (Å²) >= 11 is 5.45. The molecule has 0 spiro atoms. The van der Waals surface area contributed by atoms with Crippen molar-refractivity contribution in [3.63, 3.8) is 0 Å². The molecule has 1 rings (SSSR count). The van der Waals surface area contributed by atoms with Crippen molar-refractivity contribution in [1.82, 2.24) is 9.13 Å². The lowest BCUT2D eigenvalue weighted by Gasteiger charge is -2.32. The first-order valence-electron chi connectivity index (χ1n) is 12.6. The Hall–Kier alpha value is -1.63. The minimum absolute atomic E-state index is 0.00655. The molecule has 1 heterocycles. The molecule has 7 heteroatoms. The molecule has 1 aromatic rings. The van der Waals surface area contributed by atoms with Gasteiger partial charge >= 0.3 is 5.97 Å². The third-order valence-corrected chi connectivity index (χ3v) is 6.95. The van der Waals surface area contributed by atoms with Crippen LogP contribution in [0.5, 0.6) is 5.75 Å². The van der Waals surface area contributed by atoms with Crippen molar-refractivity contribution in [3.8, 4) is 5.75 Å². The fraction of sp³-hybridized carbons (Fsp3) is 0.808. The van der Waals surface area contributed by atoms with Crippen LogP contribution in [0.1, 0.15) is 93.4 Å². The number of nitrogens with zero attached hydrogens (tertiary/aromatic N) is 2. The second kappa shape index (κ2) is 13.9. The lowest BCUT2D eigenvalue weighted by Crippen LogP contribution is -2.36. The number of hydrogen-bond donors (Lipinski definition) is 0. The van der Waals surface area contributed by atoms with Gasteiger partial charge in [-0.15, -0.1) is 0 Å². The standard InChI is InChI=1S/C26H46N2O4S/c1-9-14-21(6)32-22-18-28(25(33)27(8)23(22)29)15-12-10-11-13-16-31-24(30)26(7,20(4)5)17-19(2)3/h18-21H,9-17H2,1-8H3. The van der Waals surface area contributed by atoms with Gasteiger partial charge in [-0.3, -0.25) is 14.2 Å². The summed E-state index contributed by atoms with van der Waals surface area (Å²) in [4.78, 5) is 25.2. The maximum Gasteiger partial charge on any atom is 0.312 e. The van der Waals surface area contributed by atoms with E-state index in [0.29, 0.717) is 23.0 Å². The van der Waals surface area contributed by atoms with Gasteiger partial charge in [0.15, 0.2) is 4.77 Å². The van der Waals surface area contributed by atoms with Crippen LogP contribution in [0, 0.1) is 22.0 Å². The average Bonchev–Trinajstić information content (AvgIpc) is 2.73. The Balaban J connectivity index is 2.52. The second-order valence-corrected chi connectivity index (χ2v) is 10.6. The van der Waals surface area contributed by atoms with Gasteiger partial charge < -0.3 is 14.0 Å². The largest absolute Gasteiger partial charge is 0.484 e. The van der Waals surface area contributed by atoms with Crippen LogP contribution < -0.4 is 10.3 Å². The number of carbonyl (C=O) groups excluding carboxylic acids is 1. The van der Waals surface area contributed by atoms with E-state index in [1.807, 2.05) is 18.4 Å². The normalized spacial score (nSPS) is 14.4. The molecule has 0 N–H and O–H groups in total. The second-order valence-electron chi connectivity index (χ2n) is 10.3. The van der Waals surface area contributed by atoms with Crippen molar-refractivity contribution in [1.29, 1.82) is 0 Å². The highest BCUT2D eigenvalue weighted by Crippen LogP contribution is 2.35. The number of aryl methyl sites for hydroxylation is 1. The van der Waals surface area contributed by atoms with Crippen LogP contribution in [0.2, 0.25) is 0 Å². The van der Waals surface area contributed by atoms with Crippen molar-refractivity contribution in [2.75, 3.05) is 6.61 Å². The molecule has 33 heavy (non-hydrogen) atoms. The molecule has 190 valence electrons. The van der Waals surface area contributed by atoms with Crippen LogP contribution in [-0.2, 0) is 23.1 Å². The highest BCUT2D eigenvalue weighted by Gasteiger charge is 2.38. The van der Waals surface area contributed by atoms with Crippen LogP contribution in [0.4, 0.5) is 0 Å². The molecule has 0 radical (unpaired) electrons. The third-order valence-electron chi connectivity index (χ3n) is 6.44. The van der Waals surface area contributed by atoms with E-state index >= 15 is 0 Å². The first kappa shape index (κ1) is 29.4. The molecule has 0 fully saturated rings. The SMILES string of the molecule is CCCC(C)Oc1cn(CCCCCCOC(=O)C(C)(CC(C)C)C(C)C)c(=S)n(C)c1=O. The van der Waals surface area contributed by atoms with Crippen LogP contribution in [0.25, 0.3) is 0 Å². The number of unbranched alkanes of at least 4 members (excludes halogenated alkanes) is 3. The molecule has 0 aliphatic carbocycles. The van der Waals surface area contributed by atoms with Gasteiger partial charge in [0.05, 0.1) is 24.3 Å². The van der Waals surface area contributed by atoms with Crippen molar-refractivity contribution in [2.24, 2.45) is 24.3 Å². The van der Waals surface area contributed by atoms with Gasteiger partial charge in [-0.2, -0.15) is 0 Å². The zero-order valence-electron chi connectivity index (χ0n) is 22.1. The van der Waals surface area contributed by atoms with Crippen molar-refractivity contribution in [2.45, 2.75) is 106 Å². The summed E-state index contributed by atoms with van der Waals surface area (Å²) in [6, 6.07) is 0. The molecule has 0 saturated heterocycles. The molecule has 1 aromatic heterocycles. The lowest BCUT2D eigenvalue weighted by molar-refractivity contribution is -0.159. The predicted octanol–water partition coefficient (Wildman–Crippen LogP) is 6.30. The number of ether oxygens (including phenoxy) is 2. The summed E-state index contributed by atoms with van der Waals surface area (Å²) < 4.78 is 15.4. The maximum atomic E-state index is 12.7. The van der Waals surface area contributed by atoms with E-state index in [4.69, 9.17) is 21.7 Å². The molecular weight excluding hydrogens is 436 g/mol. The number of hydrogen-bond acceptors (Lipinski definition) is 5. The van der Waals surface area contributed by atoms with Gasteiger partial charge in [0.2, 0.25) is 5.75 Å². The summed E-state index contributed by atoms with van der Waals surface area (Å²) in [7, 11) is 1.69. The summed E-state index contributed by atoms with van der Waals surface area (Å²) in [5.74, 6) is 0.980. The van der Waals surface area contributed by atoms with E-state index in [9.17, 15) is 9.59 Å². The minimum atomic E-state index is -0.428. The van der Waals surface area contributed by atoms with Gasteiger partial charge in [0, 0.05) is 13.6 Å². The summed E-state index contributed by atoms with van der Waals surface area (Å²) in [5.41, 5.74) is -0.616. The molecule has 0 aromatic carbocycles. The average molecular weight is 483 g/mol. The van der Waals surface area contributed by atoms with Crippen molar-refractivity contribution in [3.05, 3.63) is 21.3 Å². The minimum Gasteiger partial charge on any atom is -0.484 e. The number of esters is 1. The smallest absolute Gasteiger partial charge is 0.312 e. The van der Waals surface area contributed by atoms with E-state index in [2.05, 4.69) is 34.6 Å². The van der Waals surface area contributed by atoms with E-state index < -0.39 is 5.41 Å². The quantitative estimate of drug-likeness (QED) is 0.167. The van der Waals surface area contributed by atoms with Crippen molar-refractivity contribution < 1.29 is 14.3 Å². The fourth-order valence-corrected chi connectivity index (χ4v) is 4.32. The highest BCUT2D eigenvalue weighted by atomic mass is 32.1. The Labute approximate surface area is 205 Å². The van der Waals surface area contributed by atoms with E-state index in [1.165, 1.54) is 4.57 Å². The summed E-state index contributed by atoms with van der Waals surface area (Å²) in [5, 5.41) is 0. The Morgan fingerprint density at radius 3 is 2.33 bits per heavy atom. The van der Waals surface area contributed by atoms with Crippen molar-refractivity contribution >= 4 is 18.2 Å². The zero-order valence-corrected chi connectivity index (χ0v) is 22.9. The van der Waals surface area contributed by atoms with Crippen LogP contribution >= 0.6 is 12.2 Å². The Morgan fingerprint density at radius 2 is 1.76 bits per heavy atom. The predicted molar refractivity (Wildman–Crippen MR) is 137 cm³/mol. The summed E-state index contributed by atoms with van der Waals surface area (Å²) in [6.45, 7) is 15.8. The van der Waals surface area contributed by atoms with Crippen LogP contribution in [-0.4, -0.2) is 27.8 Å². The van der Waals surface area contributed by atoms with E-state index in [-0.39, 0.29) is 23.6 Å². The van der Waals surface area contributed by atoms with Gasteiger partial charge in [-0.25, -0.2) is 0 Å². The molecule has 0 aliphatic heterocycles. The number of carbonyl (C=O) groups is 1. The summed E-state index contributed by atoms with van der Waals surface area (Å²) in [6.07, 6.45) is 8.25. The topological polar surface area (TPSA) is 62.5 Å². The molecule has 0 bridgehead atoms. The number of aromatic nitrogens is 2. The fourth-order valence-electron chi connectivity index (χ4n) is 4.09. The Kier molecular flexibility index (Phi) is 12.4. The van der Waals surface area contributed by atoms with Crippen LogP contribution in [0.15, 0.2) is 11.0 Å². The maximum absolute atomic E-state index is 12.7. The van der Waals surface area contributed by atoms with Gasteiger partial charge in [0.1, 0.15) is 0 Å². The third kappa shape index (κ3) is 8.91. The first-order chi connectivity index (χ1) is 15.4. The molecule has 0 aliphatic rings. The molecular formula is C26H46N2O4S. The van der Waals surface area contributed by atoms with E-state index in [1.54, 1.807) is 13.2 Å².